The van der Waals surface area contributed by atoms with E-state index in [0.717, 1.165) is 10.8 Å². The third-order valence-electron chi connectivity index (χ3n) is 2.55. The molecule has 1 aromatic carbocycles. The molecule has 1 fully saturated rings. The predicted octanol–water partition coefficient (Wildman–Crippen LogP) is 2.31. The Morgan fingerprint density at radius 2 is 2.07 bits per heavy atom. The highest BCUT2D eigenvalue weighted by atomic mass is 127. The van der Waals surface area contributed by atoms with E-state index < -0.39 is 0 Å². The van der Waals surface area contributed by atoms with Gasteiger partial charge in [0.15, 0.2) is 0 Å². The molecule has 0 bridgehead atoms. The molecule has 2 rings (SSSR count). The normalized spacial score (nSPS) is 32.0. The monoisotopic (exact) mass is 304 g/mol. The van der Waals surface area contributed by atoms with Gasteiger partial charge in [-0.1, -0.05) is 52.9 Å². The fourth-order valence-corrected chi connectivity index (χ4v) is 2.54. The fourth-order valence-electron chi connectivity index (χ4n) is 1.75. The molecule has 0 aromatic heterocycles. The molecule has 1 N–H and O–H groups in total. The number of rotatable bonds is 2. The summed E-state index contributed by atoms with van der Waals surface area (Å²) in [6.07, 6.45) is 0.487. The Hall–Kier alpha value is -0.130. The second-order valence-corrected chi connectivity index (χ2v) is 4.41. The highest BCUT2D eigenvalue weighted by molar-refractivity contribution is 14.1. The largest absolute Gasteiger partial charge is 0.390 e. The third-order valence-corrected chi connectivity index (χ3v) is 3.42. The van der Waals surface area contributed by atoms with Crippen LogP contribution in [-0.4, -0.2) is 21.7 Å². The van der Waals surface area contributed by atoms with Gasteiger partial charge < -0.3 is 9.84 Å². The van der Waals surface area contributed by atoms with Crippen molar-refractivity contribution in [3.63, 3.8) is 0 Å². The zero-order valence-corrected chi connectivity index (χ0v) is 9.92. The summed E-state index contributed by atoms with van der Waals surface area (Å²) < 4.78 is 6.60. The van der Waals surface area contributed by atoms with Crippen molar-refractivity contribution in [3.8, 4) is 0 Å². The second kappa shape index (κ2) is 4.59. The quantitative estimate of drug-likeness (QED) is 0.671. The summed E-state index contributed by atoms with van der Waals surface area (Å²) in [6.45, 7) is 0. The van der Waals surface area contributed by atoms with Gasteiger partial charge in [-0.2, -0.15) is 0 Å². The van der Waals surface area contributed by atoms with Crippen LogP contribution in [-0.2, 0) is 4.74 Å². The number of hydrogen-bond acceptors (Lipinski definition) is 2. The van der Waals surface area contributed by atoms with Crippen molar-refractivity contribution >= 4 is 22.6 Å². The van der Waals surface area contributed by atoms with E-state index in [1.165, 1.54) is 5.56 Å². The lowest BCUT2D eigenvalue weighted by Gasteiger charge is -2.11. The molecule has 1 aliphatic heterocycles. The molecule has 0 spiro atoms. The first-order valence-electron chi connectivity index (χ1n) is 4.75. The summed E-state index contributed by atoms with van der Waals surface area (Å²) in [5, 5.41) is 9.69. The third kappa shape index (κ3) is 2.10. The zero-order chi connectivity index (χ0) is 9.97. The molecule has 2 nitrogen and oxygen atoms in total. The Morgan fingerprint density at radius 3 is 2.64 bits per heavy atom. The van der Waals surface area contributed by atoms with Crippen molar-refractivity contribution < 1.29 is 9.84 Å². The maximum Gasteiger partial charge on any atom is 0.0932 e. The summed E-state index contributed by atoms with van der Waals surface area (Å²) in [7, 11) is 0. The number of halogens is 1. The number of aliphatic hydroxyl groups excluding tert-OH is 1. The topological polar surface area (TPSA) is 29.5 Å². The van der Waals surface area contributed by atoms with E-state index >= 15 is 0 Å². The van der Waals surface area contributed by atoms with Crippen LogP contribution in [0.4, 0.5) is 0 Å². The summed E-state index contributed by atoms with van der Waals surface area (Å²) in [4.78, 5) is 0. The highest BCUT2D eigenvalue weighted by Gasteiger charge is 2.33. The van der Waals surface area contributed by atoms with E-state index in [9.17, 15) is 5.11 Å². The number of hydrogen-bond donors (Lipinski definition) is 1. The molecule has 14 heavy (non-hydrogen) atoms. The van der Waals surface area contributed by atoms with Gasteiger partial charge in [0, 0.05) is 10.8 Å². The molecule has 0 radical (unpaired) electrons. The van der Waals surface area contributed by atoms with Crippen LogP contribution in [0.5, 0.6) is 0 Å². The van der Waals surface area contributed by atoms with Crippen molar-refractivity contribution in [2.45, 2.75) is 24.7 Å². The molecular weight excluding hydrogens is 291 g/mol. The molecule has 3 atom stereocenters. The minimum atomic E-state index is -0.308. The van der Waals surface area contributed by atoms with E-state index in [0.29, 0.717) is 0 Å². The first-order chi connectivity index (χ1) is 6.81. The van der Waals surface area contributed by atoms with Gasteiger partial charge in [0.2, 0.25) is 0 Å². The molecule has 1 heterocycles. The number of alkyl halides is 1. The minimum Gasteiger partial charge on any atom is -0.390 e. The van der Waals surface area contributed by atoms with Crippen molar-refractivity contribution in [1.82, 2.24) is 0 Å². The molecule has 3 unspecified atom stereocenters. The average molecular weight is 304 g/mol. The van der Waals surface area contributed by atoms with Gasteiger partial charge >= 0.3 is 0 Å². The van der Waals surface area contributed by atoms with Gasteiger partial charge in [0.1, 0.15) is 0 Å². The number of aliphatic hydroxyl groups is 1. The number of benzene rings is 1. The van der Waals surface area contributed by atoms with Crippen LogP contribution < -0.4 is 0 Å². The fraction of sp³-hybridized carbons (Fsp3) is 0.455. The molecule has 1 aromatic rings. The van der Waals surface area contributed by atoms with E-state index in [4.69, 9.17) is 4.74 Å². The van der Waals surface area contributed by atoms with Crippen LogP contribution in [0.1, 0.15) is 18.1 Å². The van der Waals surface area contributed by atoms with Crippen LogP contribution in [0.3, 0.4) is 0 Å². The summed E-state index contributed by atoms with van der Waals surface area (Å²) in [6, 6.07) is 10.1. The summed E-state index contributed by atoms with van der Waals surface area (Å²) >= 11 is 2.25. The Labute approximate surface area is 97.4 Å². The van der Waals surface area contributed by atoms with Gasteiger partial charge in [0.05, 0.1) is 18.3 Å². The lowest BCUT2D eigenvalue weighted by Crippen LogP contribution is -2.21. The van der Waals surface area contributed by atoms with Gasteiger partial charge in [-0.3, -0.25) is 0 Å². The predicted molar refractivity (Wildman–Crippen MR) is 63.6 cm³/mol. The summed E-state index contributed by atoms with van der Waals surface area (Å²) in [5.41, 5.74) is 1.17. The Balaban J connectivity index is 2.09. The van der Waals surface area contributed by atoms with Crippen molar-refractivity contribution in [2.75, 3.05) is 4.43 Å². The van der Waals surface area contributed by atoms with Crippen LogP contribution in [0.2, 0.25) is 0 Å². The lowest BCUT2D eigenvalue weighted by atomic mass is 10.1. The van der Waals surface area contributed by atoms with Crippen LogP contribution in [0.15, 0.2) is 30.3 Å². The SMILES string of the molecule is OC1CC(c2ccccc2)OC1CI. The zero-order valence-electron chi connectivity index (χ0n) is 7.77. The first-order valence-corrected chi connectivity index (χ1v) is 6.28. The molecule has 1 saturated heterocycles. The molecule has 3 heteroatoms. The molecule has 0 amide bonds. The van der Waals surface area contributed by atoms with E-state index in [-0.39, 0.29) is 18.3 Å². The standard InChI is InChI=1S/C11H13IO2/c12-7-11-9(13)6-10(14-11)8-4-2-1-3-5-8/h1-5,9-11,13H,6-7H2. The minimum absolute atomic E-state index is 0.000746. The Kier molecular flexibility index (Phi) is 3.41. The Bertz CT molecular complexity index is 289. The molecule has 1 aliphatic rings. The van der Waals surface area contributed by atoms with Gasteiger partial charge in [0.25, 0.3) is 0 Å². The Morgan fingerprint density at radius 1 is 1.36 bits per heavy atom. The van der Waals surface area contributed by atoms with Gasteiger partial charge in [-0.25, -0.2) is 0 Å². The molecular formula is C11H13IO2. The van der Waals surface area contributed by atoms with E-state index in [2.05, 4.69) is 22.6 Å². The maximum atomic E-state index is 9.69. The lowest BCUT2D eigenvalue weighted by molar-refractivity contribution is 0.0265. The van der Waals surface area contributed by atoms with E-state index in [1.807, 2.05) is 30.3 Å². The van der Waals surface area contributed by atoms with Crippen LogP contribution in [0.25, 0.3) is 0 Å². The van der Waals surface area contributed by atoms with Crippen LogP contribution >= 0.6 is 22.6 Å². The van der Waals surface area contributed by atoms with Gasteiger partial charge in [-0.05, 0) is 5.56 Å². The number of ether oxygens (including phenoxy) is 1. The summed E-state index contributed by atoms with van der Waals surface area (Å²) in [5.74, 6) is 0. The molecule has 76 valence electrons. The van der Waals surface area contributed by atoms with Crippen molar-refractivity contribution in [2.24, 2.45) is 0 Å². The highest BCUT2D eigenvalue weighted by Crippen LogP contribution is 2.33. The smallest absolute Gasteiger partial charge is 0.0932 e. The van der Waals surface area contributed by atoms with Gasteiger partial charge in [-0.15, -0.1) is 0 Å². The molecule has 0 aliphatic carbocycles. The van der Waals surface area contributed by atoms with Crippen LogP contribution in [0, 0.1) is 0 Å². The molecule has 0 saturated carbocycles. The van der Waals surface area contributed by atoms with E-state index in [1.54, 1.807) is 0 Å². The second-order valence-electron chi connectivity index (χ2n) is 3.53. The van der Waals surface area contributed by atoms with Crippen molar-refractivity contribution in [3.05, 3.63) is 35.9 Å². The first kappa shape index (κ1) is 10.4. The van der Waals surface area contributed by atoms with Crippen molar-refractivity contribution in [1.29, 1.82) is 0 Å². The average Bonchev–Trinajstić information content (AvgIpc) is 2.61. The maximum absolute atomic E-state index is 9.69.